The molecule has 0 radical (unpaired) electrons. The molecule has 0 saturated carbocycles. The van der Waals surface area contributed by atoms with Crippen molar-refractivity contribution >= 4 is 95.0 Å². The van der Waals surface area contributed by atoms with Crippen LogP contribution in [0.2, 0.25) is 39.3 Å². The van der Waals surface area contributed by atoms with Crippen LogP contribution >= 0.6 is 15.1 Å². The molecule has 0 N–H and O–H groups in total. The molecular weight excluding hydrogens is 735 g/mol. The van der Waals surface area contributed by atoms with Crippen molar-refractivity contribution < 1.29 is 4.57 Å². The molecule has 0 aromatic heterocycles. The van der Waals surface area contributed by atoms with Crippen molar-refractivity contribution in [3.63, 3.8) is 0 Å². The lowest BCUT2D eigenvalue weighted by Gasteiger charge is -2.32. The van der Waals surface area contributed by atoms with Crippen LogP contribution in [0.15, 0.2) is 182 Å². The molecule has 2 unspecified atom stereocenters. The van der Waals surface area contributed by atoms with Gasteiger partial charge in [-0.05, 0) is 62.2 Å². The monoisotopic (exact) mass is 782 g/mol. The minimum Gasteiger partial charge on any atom is -0.309 e. The SMILES string of the molecule is C[Si](C)(C)c1ccccc1P(c1ccccc1)c1ccc2ccccc2c1-c1c(P(=O)(c2ccccc2)c2ccccc2[Si](C)(C)C)ccc2ccccc12. The molecule has 0 aliphatic carbocycles. The lowest BCUT2D eigenvalue weighted by Crippen LogP contribution is -2.49. The second kappa shape index (κ2) is 14.8. The molecule has 8 aromatic carbocycles. The largest absolute Gasteiger partial charge is 0.309 e. The highest BCUT2D eigenvalue weighted by Crippen LogP contribution is 2.49. The minimum atomic E-state index is -3.48. The van der Waals surface area contributed by atoms with Gasteiger partial charge in [-0.25, -0.2) is 0 Å². The Morgan fingerprint density at radius 3 is 1.53 bits per heavy atom. The summed E-state index contributed by atoms with van der Waals surface area (Å²) in [6, 6.07) is 65.9. The highest BCUT2D eigenvalue weighted by Gasteiger charge is 2.39. The first-order valence-corrected chi connectivity index (χ1v) is 29.3. The Labute approximate surface area is 330 Å². The van der Waals surface area contributed by atoms with Crippen LogP contribution in [0.25, 0.3) is 32.7 Å². The van der Waals surface area contributed by atoms with E-state index in [1.54, 1.807) is 0 Å². The van der Waals surface area contributed by atoms with Gasteiger partial charge in [-0.2, -0.15) is 0 Å². The van der Waals surface area contributed by atoms with Gasteiger partial charge in [0.15, 0.2) is 7.14 Å². The third kappa shape index (κ3) is 6.83. The first kappa shape index (κ1) is 37.3. The predicted molar refractivity (Wildman–Crippen MR) is 251 cm³/mol. The third-order valence-electron chi connectivity index (χ3n) is 10.8. The average molecular weight is 783 g/mol. The maximum atomic E-state index is 17.1. The summed E-state index contributed by atoms with van der Waals surface area (Å²) in [5.74, 6) is 0. The molecule has 8 rings (SSSR count). The van der Waals surface area contributed by atoms with Crippen molar-refractivity contribution in [1.29, 1.82) is 0 Å². The van der Waals surface area contributed by atoms with Gasteiger partial charge in [-0.1, -0.05) is 220 Å². The Kier molecular flexibility index (Phi) is 10.0. The minimum absolute atomic E-state index is 0.869. The van der Waals surface area contributed by atoms with Crippen LogP contribution in [0, 0.1) is 0 Å². The van der Waals surface area contributed by atoms with E-state index in [-0.39, 0.29) is 0 Å². The summed E-state index contributed by atoms with van der Waals surface area (Å²) in [4.78, 5) is 0. The topological polar surface area (TPSA) is 17.1 Å². The summed E-state index contributed by atoms with van der Waals surface area (Å²) in [6.45, 7) is 14.5. The first-order valence-electron chi connectivity index (χ1n) is 19.2. The summed E-state index contributed by atoms with van der Waals surface area (Å²) >= 11 is 0. The molecule has 0 fully saturated rings. The van der Waals surface area contributed by atoms with Crippen LogP contribution in [0.5, 0.6) is 0 Å². The molecule has 55 heavy (non-hydrogen) atoms. The predicted octanol–water partition coefficient (Wildman–Crippen LogP) is 10.1. The third-order valence-corrected chi connectivity index (χ3v) is 21.0. The van der Waals surface area contributed by atoms with E-state index in [1.807, 2.05) is 18.2 Å². The van der Waals surface area contributed by atoms with E-state index < -0.39 is 31.2 Å². The summed E-state index contributed by atoms with van der Waals surface area (Å²) in [5, 5.41) is 14.1. The fraction of sp³-hybridized carbons (Fsp3) is 0.120. The van der Waals surface area contributed by atoms with E-state index in [0.717, 1.165) is 32.2 Å². The molecule has 0 heterocycles. The van der Waals surface area contributed by atoms with Crippen molar-refractivity contribution in [2.24, 2.45) is 0 Å². The van der Waals surface area contributed by atoms with Crippen LogP contribution in [0.4, 0.5) is 0 Å². The number of hydrogen-bond acceptors (Lipinski definition) is 1. The van der Waals surface area contributed by atoms with Gasteiger partial charge in [0.05, 0.1) is 16.1 Å². The Hall–Kier alpha value is -4.63. The van der Waals surface area contributed by atoms with Gasteiger partial charge in [-0.15, -0.1) is 0 Å². The van der Waals surface area contributed by atoms with Crippen molar-refractivity contribution in [2.75, 3.05) is 0 Å². The fourth-order valence-corrected chi connectivity index (χ4v) is 19.4. The number of rotatable bonds is 9. The zero-order valence-electron chi connectivity index (χ0n) is 32.6. The quantitative estimate of drug-likeness (QED) is 0.105. The Morgan fingerprint density at radius 1 is 0.400 bits per heavy atom. The van der Waals surface area contributed by atoms with E-state index >= 15 is 4.57 Å². The Morgan fingerprint density at radius 2 is 0.891 bits per heavy atom. The van der Waals surface area contributed by atoms with E-state index in [1.165, 1.54) is 42.6 Å². The smallest absolute Gasteiger partial charge is 0.171 e. The van der Waals surface area contributed by atoms with Crippen molar-refractivity contribution in [3.05, 3.63) is 182 Å². The van der Waals surface area contributed by atoms with Crippen LogP contribution < -0.4 is 42.2 Å². The number of fused-ring (bicyclic) bond motifs is 2. The molecule has 0 aliphatic heterocycles. The molecule has 2 atom stereocenters. The van der Waals surface area contributed by atoms with E-state index in [0.29, 0.717) is 0 Å². The molecule has 0 aliphatic rings. The molecular formula is C50H48OP2Si2. The van der Waals surface area contributed by atoms with Gasteiger partial charge in [-0.3, -0.25) is 0 Å². The van der Waals surface area contributed by atoms with Gasteiger partial charge in [0.1, 0.15) is 0 Å². The number of benzene rings is 8. The first-order chi connectivity index (χ1) is 26.5. The van der Waals surface area contributed by atoms with Crippen molar-refractivity contribution in [1.82, 2.24) is 0 Å². The highest BCUT2D eigenvalue weighted by atomic mass is 31.2. The van der Waals surface area contributed by atoms with E-state index in [9.17, 15) is 0 Å². The van der Waals surface area contributed by atoms with Crippen molar-refractivity contribution in [2.45, 2.75) is 39.3 Å². The molecule has 5 heteroatoms. The summed E-state index contributed by atoms with van der Waals surface area (Å²) in [5.41, 5.74) is 2.27. The zero-order chi connectivity index (χ0) is 38.4. The van der Waals surface area contributed by atoms with Gasteiger partial charge in [0.2, 0.25) is 0 Å². The summed E-state index contributed by atoms with van der Waals surface area (Å²) in [6.07, 6.45) is 0. The lowest BCUT2D eigenvalue weighted by molar-refractivity contribution is 0.592. The molecule has 0 spiro atoms. The highest BCUT2D eigenvalue weighted by molar-refractivity contribution is 7.86. The van der Waals surface area contributed by atoms with Crippen LogP contribution in [-0.4, -0.2) is 16.1 Å². The van der Waals surface area contributed by atoms with Gasteiger partial charge >= 0.3 is 0 Å². The van der Waals surface area contributed by atoms with E-state index in [2.05, 4.69) is 203 Å². The maximum absolute atomic E-state index is 17.1. The Bertz CT molecular complexity index is 2710. The lowest BCUT2D eigenvalue weighted by atomic mass is 9.93. The van der Waals surface area contributed by atoms with Gasteiger partial charge in [0.25, 0.3) is 0 Å². The average Bonchev–Trinajstić information content (AvgIpc) is 3.20. The van der Waals surface area contributed by atoms with Gasteiger partial charge < -0.3 is 4.57 Å². The van der Waals surface area contributed by atoms with Crippen molar-refractivity contribution in [3.8, 4) is 11.1 Å². The van der Waals surface area contributed by atoms with Gasteiger partial charge in [0, 0.05) is 21.5 Å². The molecule has 0 saturated heterocycles. The molecule has 0 bridgehead atoms. The molecule has 0 amide bonds. The summed E-state index contributed by atoms with van der Waals surface area (Å²) < 4.78 is 17.1. The standard InChI is InChI=1S/C50H48OP2Si2/c1-54(2,3)47-31-19-17-29-43(47)52(39-23-9-7-10-24-39)44-35-33-37-21-13-15-27-41(37)49(44)50-42-28-16-14-22-38(42)34-36-46(50)53(51,40-25-11-8-12-26-40)45-30-18-20-32-48(45)55(4,5)6/h7-36H,1-6H3. The van der Waals surface area contributed by atoms with Crippen LogP contribution in [-0.2, 0) is 4.57 Å². The Balaban J connectivity index is 1.59. The zero-order valence-corrected chi connectivity index (χ0v) is 36.4. The normalized spacial score (nSPS) is 13.8. The number of hydrogen-bond donors (Lipinski definition) is 0. The molecule has 8 aromatic rings. The second-order valence-electron chi connectivity index (χ2n) is 16.5. The van der Waals surface area contributed by atoms with Crippen LogP contribution in [0.1, 0.15) is 0 Å². The van der Waals surface area contributed by atoms with E-state index in [4.69, 9.17) is 0 Å². The fourth-order valence-electron chi connectivity index (χ4n) is 8.21. The maximum Gasteiger partial charge on any atom is 0.171 e. The second-order valence-corrected chi connectivity index (χ2v) is 31.4. The molecule has 272 valence electrons. The van der Waals surface area contributed by atoms with Crippen LogP contribution in [0.3, 0.4) is 0 Å². The molecule has 1 nitrogen and oxygen atoms in total. The summed E-state index contributed by atoms with van der Waals surface area (Å²) in [7, 11) is -8.24.